The molecule has 0 atom stereocenters. The summed E-state index contributed by atoms with van der Waals surface area (Å²) in [5.41, 5.74) is 0.555. The number of aryl methyl sites for hydroxylation is 1. The Balaban J connectivity index is 2.54. The van der Waals surface area contributed by atoms with Crippen LogP contribution in [-0.2, 0) is 11.0 Å². The maximum Gasteiger partial charge on any atom is 0.360 e. The fraction of sp³-hybridized carbons (Fsp3) is 0.417. The molecular weight excluding hydrogens is 285 g/mol. The molecule has 2 N–H and O–H groups in total. The molecule has 2 heterocycles. The zero-order valence-corrected chi connectivity index (χ0v) is 12.7. The Bertz CT molecular complexity index is 625. The van der Waals surface area contributed by atoms with E-state index in [0.717, 1.165) is 16.3 Å². The third-order valence-electron chi connectivity index (χ3n) is 2.57. The first-order chi connectivity index (χ1) is 8.79. The van der Waals surface area contributed by atoms with Crippen LogP contribution < -0.4 is 5.30 Å². The van der Waals surface area contributed by atoms with E-state index in [2.05, 4.69) is 18.8 Å². The number of aromatic nitrogens is 1. The van der Waals surface area contributed by atoms with E-state index in [9.17, 15) is 14.4 Å². The minimum absolute atomic E-state index is 0.0946. The Labute approximate surface area is 115 Å². The Morgan fingerprint density at radius 1 is 1.47 bits per heavy atom. The Hall–Kier alpha value is -0.940. The van der Waals surface area contributed by atoms with Crippen molar-refractivity contribution in [3.63, 3.8) is 0 Å². The van der Waals surface area contributed by atoms with Gasteiger partial charge in [-0.15, -0.1) is 11.3 Å². The van der Waals surface area contributed by atoms with Crippen molar-refractivity contribution >= 4 is 24.2 Å². The number of nitrogens with zero attached hydrogens (tertiary/aromatic N) is 1. The van der Waals surface area contributed by atoms with Crippen LogP contribution in [0.15, 0.2) is 16.7 Å². The van der Waals surface area contributed by atoms with Gasteiger partial charge in [-0.2, -0.15) is 0 Å². The second-order valence-corrected chi connectivity index (χ2v) is 7.64. The zero-order valence-electron chi connectivity index (χ0n) is 11.0. The SMILES string of the molecule is Cc1nc(-c2occc2P(=O)(O)O)c(CC(C)C)s1. The molecule has 19 heavy (non-hydrogen) atoms. The summed E-state index contributed by atoms with van der Waals surface area (Å²) in [5.74, 6) is 0.625. The van der Waals surface area contributed by atoms with Gasteiger partial charge in [-0.25, -0.2) is 4.98 Å². The minimum Gasteiger partial charge on any atom is -0.462 e. The fourth-order valence-electron chi connectivity index (χ4n) is 1.86. The summed E-state index contributed by atoms with van der Waals surface area (Å²) in [5, 5.41) is 0.765. The molecule has 0 spiro atoms. The topological polar surface area (TPSA) is 83.6 Å². The van der Waals surface area contributed by atoms with Crippen LogP contribution in [0.2, 0.25) is 0 Å². The highest BCUT2D eigenvalue weighted by molar-refractivity contribution is 7.60. The van der Waals surface area contributed by atoms with E-state index >= 15 is 0 Å². The van der Waals surface area contributed by atoms with Crippen LogP contribution >= 0.6 is 18.9 Å². The Morgan fingerprint density at radius 2 is 2.16 bits per heavy atom. The monoisotopic (exact) mass is 301 g/mol. The molecule has 2 aromatic rings. The molecule has 0 amide bonds. The van der Waals surface area contributed by atoms with E-state index in [1.807, 2.05) is 6.92 Å². The van der Waals surface area contributed by atoms with Crippen molar-refractivity contribution in [2.75, 3.05) is 0 Å². The van der Waals surface area contributed by atoms with E-state index in [-0.39, 0.29) is 11.1 Å². The maximum atomic E-state index is 11.4. The lowest BCUT2D eigenvalue weighted by Crippen LogP contribution is -2.05. The first-order valence-corrected chi connectivity index (χ1v) is 8.32. The second kappa shape index (κ2) is 5.21. The number of rotatable bonds is 4. The summed E-state index contributed by atoms with van der Waals surface area (Å²) in [6.07, 6.45) is 2.10. The zero-order chi connectivity index (χ0) is 14.2. The molecule has 104 valence electrons. The molecule has 0 bridgehead atoms. The van der Waals surface area contributed by atoms with Gasteiger partial charge in [-0.3, -0.25) is 4.57 Å². The average Bonchev–Trinajstić information content (AvgIpc) is 2.82. The van der Waals surface area contributed by atoms with Crippen LogP contribution in [0.4, 0.5) is 0 Å². The third kappa shape index (κ3) is 3.15. The second-order valence-electron chi connectivity index (χ2n) is 4.78. The van der Waals surface area contributed by atoms with Crippen LogP contribution in [0, 0.1) is 12.8 Å². The molecule has 0 fully saturated rings. The van der Waals surface area contributed by atoms with Crippen molar-refractivity contribution in [1.82, 2.24) is 4.98 Å². The van der Waals surface area contributed by atoms with E-state index in [4.69, 9.17) is 4.42 Å². The van der Waals surface area contributed by atoms with Crippen LogP contribution in [0.25, 0.3) is 11.5 Å². The lowest BCUT2D eigenvalue weighted by atomic mass is 10.1. The normalized spacial score (nSPS) is 12.3. The number of hydrogen-bond acceptors (Lipinski definition) is 4. The summed E-state index contributed by atoms with van der Waals surface area (Å²) in [7, 11) is -4.35. The highest BCUT2D eigenvalue weighted by atomic mass is 32.1. The molecular formula is C12H16NO4PS. The van der Waals surface area contributed by atoms with Gasteiger partial charge in [0.25, 0.3) is 0 Å². The van der Waals surface area contributed by atoms with Crippen molar-refractivity contribution in [1.29, 1.82) is 0 Å². The molecule has 0 unspecified atom stereocenters. The number of furan rings is 1. The standard InChI is InChI=1S/C12H16NO4PS/c1-7(2)6-10-11(13-8(3)19-10)12-9(4-5-17-12)18(14,15)16/h4-5,7H,6H2,1-3H3,(H2,14,15,16). The van der Waals surface area contributed by atoms with Crippen LogP contribution in [-0.4, -0.2) is 14.8 Å². The molecule has 0 radical (unpaired) electrons. The molecule has 2 rings (SSSR count). The molecule has 0 aliphatic carbocycles. The van der Waals surface area contributed by atoms with Crippen LogP contribution in [0.3, 0.4) is 0 Å². The van der Waals surface area contributed by atoms with Gasteiger partial charge in [0.05, 0.1) is 11.3 Å². The first-order valence-electron chi connectivity index (χ1n) is 5.89. The van der Waals surface area contributed by atoms with Gasteiger partial charge in [-0.05, 0) is 25.3 Å². The fourth-order valence-corrected chi connectivity index (χ4v) is 3.69. The van der Waals surface area contributed by atoms with Crippen molar-refractivity contribution in [3.8, 4) is 11.5 Å². The van der Waals surface area contributed by atoms with E-state index in [0.29, 0.717) is 11.6 Å². The number of hydrogen-bond donors (Lipinski definition) is 2. The molecule has 0 aromatic carbocycles. The Kier molecular flexibility index (Phi) is 3.97. The van der Waals surface area contributed by atoms with Gasteiger partial charge in [-0.1, -0.05) is 13.8 Å². The third-order valence-corrected chi connectivity index (χ3v) is 4.54. The van der Waals surface area contributed by atoms with Crippen LogP contribution in [0.5, 0.6) is 0 Å². The van der Waals surface area contributed by atoms with Gasteiger partial charge in [0.15, 0.2) is 5.76 Å². The molecule has 0 saturated carbocycles. The predicted octanol–water partition coefficient (Wildman–Crippen LogP) is 2.71. The Morgan fingerprint density at radius 3 is 2.74 bits per heavy atom. The summed E-state index contributed by atoms with van der Waals surface area (Å²) < 4.78 is 16.7. The lowest BCUT2D eigenvalue weighted by Gasteiger charge is -2.06. The molecule has 0 saturated heterocycles. The van der Waals surface area contributed by atoms with Crippen molar-refractivity contribution in [2.24, 2.45) is 5.92 Å². The van der Waals surface area contributed by atoms with Crippen molar-refractivity contribution in [2.45, 2.75) is 27.2 Å². The predicted molar refractivity (Wildman–Crippen MR) is 74.8 cm³/mol. The van der Waals surface area contributed by atoms with Crippen molar-refractivity contribution < 1.29 is 18.8 Å². The summed E-state index contributed by atoms with van der Waals surface area (Å²) in [6, 6.07) is 1.31. The van der Waals surface area contributed by atoms with Gasteiger partial charge < -0.3 is 14.2 Å². The van der Waals surface area contributed by atoms with Gasteiger partial charge >= 0.3 is 7.60 Å². The smallest absolute Gasteiger partial charge is 0.360 e. The average molecular weight is 301 g/mol. The first kappa shape index (κ1) is 14.5. The van der Waals surface area contributed by atoms with E-state index < -0.39 is 7.60 Å². The lowest BCUT2D eigenvalue weighted by molar-refractivity contribution is 0.387. The largest absolute Gasteiger partial charge is 0.462 e. The quantitative estimate of drug-likeness (QED) is 0.848. The van der Waals surface area contributed by atoms with Crippen molar-refractivity contribution in [3.05, 3.63) is 22.2 Å². The summed E-state index contributed by atoms with van der Waals surface area (Å²) in [6.45, 7) is 6.05. The maximum absolute atomic E-state index is 11.4. The van der Waals surface area contributed by atoms with E-state index in [1.54, 1.807) is 0 Å². The minimum atomic E-state index is -4.35. The van der Waals surface area contributed by atoms with Gasteiger partial charge in [0, 0.05) is 4.88 Å². The summed E-state index contributed by atoms with van der Waals surface area (Å²) >= 11 is 1.54. The number of thiazole rings is 1. The molecule has 0 aliphatic rings. The van der Waals surface area contributed by atoms with Crippen LogP contribution in [0.1, 0.15) is 23.7 Å². The highest BCUT2D eigenvalue weighted by Gasteiger charge is 2.28. The molecule has 0 aliphatic heterocycles. The van der Waals surface area contributed by atoms with Gasteiger partial charge in [0.1, 0.15) is 11.0 Å². The van der Waals surface area contributed by atoms with E-state index in [1.165, 1.54) is 23.7 Å². The highest BCUT2D eigenvalue weighted by Crippen LogP contribution is 2.40. The molecule has 7 heteroatoms. The molecule has 2 aromatic heterocycles. The van der Waals surface area contributed by atoms with Gasteiger partial charge in [0.2, 0.25) is 0 Å². The molecule has 5 nitrogen and oxygen atoms in total. The summed E-state index contributed by atoms with van der Waals surface area (Å²) in [4.78, 5) is 24.0.